The van der Waals surface area contributed by atoms with Crippen LogP contribution >= 0.6 is 0 Å². The van der Waals surface area contributed by atoms with Gasteiger partial charge in [-0.1, -0.05) is 6.07 Å². The first-order chi connectivity index (χ1) is 7.74. The molecule has 1 saturated heterocycles. The van der Waals surface area contributed by atoms with E-state index in [1.54, 1.807) is 0 Å². The van der Waals surface area contributed by atoms with Crippen molar-refractivity contribution in [1.82, 2.24) is 4.98 Å². The van der Waals surface area contributed by atoms with Crippen molar-refractivity contribution in [3.63, 3.8) is 0 Å². The fourth-order valence-electron chi connectivity index (χ4n) is 1.97. The van der Waals surface area contributed by atoms with Gasteiger partial charge in [-0.05, 0) is 31.9 Å². The molecule has 2 heterocycles. The Morgan fingerprint density at radius 1 is 1.44 bits per heavy atom. The Morgan fingerprint density at radius 2 is 2.19 bits per heavy atom. The van der Waals surface area contributed by atoms with E-state index in [2.05, 4.69) is 10.3 Å². The van der Waals surface area contributed by atoms with Crippen molar-refractivity contribution in [1.29, 1.82) is 0 Å². The van der Waals surface area contributed by atoms with Crippen LogP contribution < -0.4 is 5.32 Å². The molecule has 0 aliphatic carbocycles. The molecule has 0 bridgehead atoms. The largest absolute Gasteiger partial charge is 0.394 e. The van der Waals surface area contributed by atoms with Gasteiger partial charge in [0.15, 0.2) is 0 Å². The third kappa shape index (κ3) is 2.51. The number of aliphatic hydroxyl groups excluding tert-OH is 1. The van der Waals surface area contributed by atoms with Gasteiger partial charge in [0.1, 0.15) is 5.82 Å². The van der Waals surface area contributed by atoms with Crippen molar-refractivity contribution in [3.05, 3.63) is 23.9 Å². The van der Waals surface area contributed by atoms with Crippen LogP contribution in [0.2, 0.25) is 0 Å². The van der Waals surface area contributed by atoms with Crippen molar-refractivity contribution < 1.29 is 9.84 Å². The zero-order valence-corrected chi connectivity index (χ0v) is 9.57. The van der Waals surface area contributed by atoms with Gasteiger partial charge < -0.3 is 15.2 Å². The second kappa shape index (κ2) is 4.80. The van der Waals surface area contributed by atoms with Crippen molar-refractivity contribution >= 4 is 5.82 Å². The van der Waals surface area contributed by atoms with Gasteiger partial charge in [0.25, 0.3) is 0 Å². The molecule has 0 unspecified atom stereocenters. The van der Waals surface area contributed by atoms with Crippen LogP contribution in [-0.4, -0.2) is 35.5 Å². The standard InChI is InChI=1S/C12H18N2O2/c1-10-3-2-4-11(13-10)14-12(9-15)5-7-16-8-6-12/h2-4,15H,5-9H2,1H3,(H,13,14). The molecule has 88 valence electrons. The van der Waals surface area contributed by atoms with Crippen LogP contribution in [0.5, 0.6) is 0 Å². The Morgan fingerprint density at radius 3 is 2.81 bits per heavy atom. The Kier molecular flexibility index (Phi) is 3.41. The average Bonchev–Trinajstić information content (AvgIpc) is 2.30. The highest BCUT2D eigenvalue weighted by atomic mass is 16.5. The minimum atomic E-state index is -0.265. The number of aryl methyl sites for hydroxylation is 1. The summed E-state index contributed by atoms with van der Waals surface area (Å²) in [6.45, 7) is 3.46. The lowest BCUT2D eigenvalue weighted by Gasteiger charge is -2.36. The van der Waals surface area contributed by atoms with Gasteiger partial charge >= 0.3 is 0 Å². The number of aromatic nitrogens is 1. The highest BCUT2D eigenvalue weighted by molar-refractivity contribution is 5.38. The Bertz CT molecular complexity index is 349. The molecular weight excluding hydrogens is 204 g/mol. The summed E-state index contributed by atoms with van der Waals surface area (Å²) in [5.41, 5.74) is 0.712. The molecule has 0 radical (unpaired) electrons. The van der Waals surface area contributed by atoms with Gasteiger partial charge in [0.05, 0.1) is 12.1 Å². The first-order valence-electron chi connectivity index (χ1n) is 5.65. The number of hydrogen-bond donors (Lipinski definition) is 2. The lowest BCUT2D eigenvalue weighted by atomic mass is 9.91. The number of rotatable bonds is 3. The molecule has 2 N–H and O–H groups in total. The Labute approximate surface area is 95.7 Å². The number of nitrogens with one attached hydrogen (secondary N) is 1. The smallest absolute Gasteiger partial charge is 0.126 e. The molecule has 1 aromatic rings. The molecule has 0 saturated carbocycles. The second-order valence-corrected chi connectivity index (χ2v) is 4.34. The monoisotopic (exact) mass is 222 g/mol. The lowest BCUT2D eigenvalue weighted by Crippen LogP contribution is -2.47. The van der Waals surface area contributed by atoms with Crippen molar-refractivity contribution in [3.8, 4) is 0 Å². The number of hydrogen-bond acceptors (Lipinski definition) is 4. The molecule has 4 nitrogen and oxygen atoms in total. The quantitative estimate of drug-likeness (QED) is 0.810. The maximum absolute atomic E-state index is 9.53. The zero-order valence-electron chi connectivity index (χ0n) is 9.57. The second-order valence-electron chi connectivity index (χ2n) is 4.34. The number of ether oxygens (including phenoxy) is 1. The summed E-state index contributed by atoms with van der Waals surface area (Å²) in [6.07, 6.45) is 1.64. The van der Waals surface area contributed by atoms with E-state index in [0.29, 0.717) is 13.2 Å². The fraction of sp³-hybridized carbons (Fsp3) is 0.583. The van der Waals surface area contributed by atoms with Gasteiger partial charge in [-0.25, -0.2) is 4.98 Å². The number of aliphatic hydroxyl groups is 1. The summed E-state index contributed by atoms with van der Waals surface area (Å²) < 4.78 is 5.32. The minimum absolute atomic E-state index is 0.117. The predicted molar refractivity (Wildman–Crippen MR) is 62.5 cm³/mol. The average molecular weight is 222 g/mol. The van der Waals surface area contributed by atoms with Gasteiger partial charge in [-0.3, -0.25) is 0 Å². The Balaban J connectivity index is 2.11. The minimum Gasteiger partial charge on any atom is -0.394 e. The van der Waals surface area contributed by atoms with E-state index in [1.807, 2.05) is 25.1 Å². The summed E-state index contributed by atoms with van der Waals surface area (Å²) in [5, 5.41) is 12.9. The molecule has 0 amide bonds. The van der Waals surface area contributed by atoms with Crippen molar-refractivity contribution in [2.24, 2.45) is 0 Å². The molecule has 4 heteroatoms. The van der Waals surface area contributed by atoms with Gasteiger partial charge in [-0.2, -0.15) is 0 Å². The molecule has 1 fully saturated rings. The van der Waals surface area contributed by atoms with E-state index in [1.165, 1.54) is 0 Å². The van der Waals surface area contributed by atoms with Crippen LogP contribution in [0.4, 0.5) is 5.82 Å². The summed E-state index contributed by atoms with van der Waals surface area (Å²) >= 11 is 0. The van der Waals surface area contributed by atoms with E-state index in [4.69, 9.17) is 4.74 Å². The molecule has 0 spiro atoms. The predicted octanol–water partition coefficient (Wildman–Crippen LogP) is 1.34. The summed E-state index contributed by atoms with van der Waals surface area (Å²) in [6, 6.07) is 5.86. The van der Waals surface area contributed by atoms with Gasteiger partial charge in [0.2, 0.25) is 0 Å². The van der Waals surface area contributed by atoms with Crippen LogP contribution in [0.15, 0.2) is 18.2 Å². The molecular formula is C12H18N2O2. The van der Waals surface area contributed by atoms with E-state index in [-0.39, 0.29) is 12.1 Å². The summed E-state index contributed by atoms with van der Waals surface area (Å²) in [7, 11) is 0. The van der Waals surface area contributed by atoms with Crippen molar-refractivity contribution in [2.75, 3.05) is 25.1 Å². The molecule has 1 aliphatic heterocycles. The molecule has 0 aromatic carbocycles. The topological polar surface area (TPSA) is 54.4 Å². The molecule has 1 aromatic heterocycles. The first kappa shape index (κ1) is 11.4. The van der Waals surface area contributed by atoms with E-state index < -0.39 is 0 Å². The van der Waals surface area contributed by atoms with E-state index >= 15 is 0 Å². The number of pyridine rings is 1. The Hall–Kier alpha value is -1.13. The number of nitrogens with zero attached hydrogens (tertiary/aromatic N) is 1. The maximum Gasteiger partial charge on any atom is 0.126 e. The third-order valence-corrected chi connectivity index (χ3v) is 3.03. The van der Waals surface area contributed by atoms with Crippen LogP contribution in [-0.2, 0) is 4.74 Å². The summed E-state index contributed by atoms with van der Waals surface area (Å²) in [4.78, 5) is 4.40. The fourth-order valence-corrected chi connectivity index (χ4v) is 1.97. The normalized spacial score (nSPS) is 19.4. The highest BCUT2D eigenvalue weighted by Crippen LogP contribution is 2.24. The van der Waals surface area contributed by atoms with Gasteiger partial charge in [0, 0.05) is 18.9 Å². The maximum atomic E-state index is 9.53. The van der Waals surface area contributed by atoms with Crippen LogP contribution in [0.3, 0.4) is 0 Å². The first-order valence-corrected chi connectivity index (χ1v) is 5.65. The van der Waals surface area contributed by atoms with E-state index in [0.717, 1.165) is 24.4 Å². The van der Waals surface area contributed by atoms with Crippen LogP contribution in [0, 0.1) is 6.92 Å². The lowest BCUT2D eigenvalue weighted by molar-refractivity contribution is 0.0378. The third-order valence-electron chi connectivity index (χ3n) is 3.03. The van der Waals surface area contributed by atoms with Crippen molar-refractivity contribution in [2.45, 2.75) is 25.3 Å². The molecule has 2 rings (SSSR count). The van der Waals surface area contributed by atoms with Crippen LogP contribution in [0.1, 0.15) is 18.5 Å². The zero-order chi connectivity index (χ0) is 11.4. The molecule has 16 heavy (non-hydrogen) atoms. The van der Waals surface area contributed by atoms with E-state index in [9.17, 15) is 5.11 Å². The van der Waals surface area contributed by atoms with Crippen LogP contribution in [0.25, 0.3) is 0 Å². The molecule has 0 atom stereocenters. The van der Waals surface area contributed by atoms with Gasteiger partial charge in [-0.15, -0.1) is 0 Å². The SMILES string of the molecule is Cc1cccc(NC2(CO)CCOCC2)n1. The molecule has 1 aliphatic rings. The summed E-state index contributed by atoms with van der Waals surface area (Å²) in [5.74, 6) is 0.830. The number of anilines is 1. The highest BCUT2D eigenvalue weighted by Gasteiger charge is 2.32.